The highest BCUT2D eigenvalue weighted by Crippen LogP contribution is 2.33. The third-order valence-electron chi connectivity index (χ3n) is 1.18. The Kier molecular flexibility index (Phi) is 2.18. The summed E-state index contributed by atoms with van der Waals surface area (Å²) in [6, 6.07) is 0. The van der Waals surface area contributed by atoms with Crippen LogP contribution in [0.25, 0.3) is 0 Å². The largest absolute Gasteiger partial charge is 0.443 e. The lowest BCUT2D eigenvalue weighted by molar-refractivity contribution is -0.137. The van der Waals surface area contributed by atoms with E-state index in [0.717, 1.165) is 0 Å². The molecule has 0 aliphatic heterocycles. The molecule has 1 aromatic rings. The molecule has 0 aliphatic rings. The highest BCUT2D eigenvalue weighted by molar-refractivity contribution is 7.13. The first-order valence-electron chi connectivity index (χ1n) is 2.95. The van der Waals surface area contributed by atoms with Gasteiger partial charge in [-0.05, 0) is 6.92 Å². The zero-order chi connectivity index (χ0) is 9.35. The van der Waals surface area contributed by atoms with Crippen molar-refractivity contribution in [1.82, 2.24) is 4.98 Å². The third kappa shape index (κ3) is 1.63. The topological polar surface area (TPSA) is 30.0 Å². The summed E-state index contributed by atoms with van der Waals surface area (Å²) >= 11 is 0.362. The predicted octanol–water partition coefficient (Wildman–Crippen LogP) is 2.28. The summed E-state index contributed by atoms with van der Waals surface area (Å²) in [5, 5.41) is -0.970. The number of carbonyl (C=O) groups is 1. The maximum Gasteiger partial charge on any atom is 0.443 e. The molecule has 0 spiro atoms. The summed E-state index contributed by atoms with van der Waals surface area (Å²) in [7, 11) is 0. The lowest BCUT2D eigenvalue weighted by Gasteiger charge is -1.98. The van der Waals surface area contributed by atoms with Crippen molar-refractivity contribution in [2.75, 3.05) is 0 Å². The Labute approximate surface area is 70.0 Å². The Morgan fingerprint density at radius 2 is 2.08 bits per heavy atom. The van der Waals surface area contributed by atoms with E-state index < -0.39 is 11.2 Å². The van der Waals surface area contributed by atoms with Crippen molar-refractivity contribution in [2.24, 2.45) is 0 Å². The van der Waals surface area contributed by atoms with E-state index in [2.05, 4.69) is 4.98 Å². The number of nitrogens with zero attached hydrogens (tertiary/aromatic N) is 1. The zero-order valence-electron chi connectivity index (χ0n) is 5.97. The van der Waals surface area contributed by atoms with Crippen LogP contribution in [0, 0.1) is 6.92 Å². The SMILES string of the molecule is Cc1nc(C(F)(F)F)sc1C=O. The summed E-state index contributed by atoms with van der Waals surface area (Å²) in [5.41, 5.74) is 0.127. The van der Waals surface area contributed by atoms with Crippen LogP contribution in [0.4, 0.5) is 13.2 Å². The van der Waals surface area contributed by atoms with Crippen molar-refractivity contribution in [3.8, 4) is 0 Å². The van der Waals surface area contributed by atoms with Gasteiger partial charge in [0.25, 0.3) is 0 Å². The minimum Gasteiger partial charge on any atom is -0.297 e. The van der Waals surface area contributed by atoms with Gasteiger partial charge in [0.1, 0.15) is 0 Å². The molecule has 0 saturated carbocycles. The van der Waals surface area contributed by atoms with Crippen LogP contribution in [-0.2, 0) is 6.18 Å². The maximum absolute atomic E-state index is 11.9. The van der Waals surface area contributed by atoms with E-state index in [1.54, 1.807) is 0 Å². The van der Waals surface area contributed by atoms with E-state index in [4.69, 9.17) is 0 Å². The fraction of sp³-hybridized carbons (Fsp3) is 0.333. The highest BCUT2D eigenvalue weighted by Gasteiger charge is 2.35. The molecule has 66 valence electrons. The van der Waals surface area contributed by atoms with Gasteiger partial charge in [-0.1, -0.05) is 0 Å². The van der Waals surface area contributed by atoms with E-state index in [0.29, 0.717) is 17.6 Å². The summed E-state index contributed by atoms with van der Waals surface area (Å²) < 4.78 is 35.8. The van der Waals surface area contributed by atoms with E-state index in [9.17, 15) is 18.0 Å². The van der Waals surface area contributed by atoms with Crippen molar-refractivity contribution in [3.05, 3.63) is 15.6 Å². The van der Waals surface area contributed by atoms with Gasteiger partial charge < -0.3 is 0 Å². The Balaban J connectivity index is 3.13. The van der Waals surface area contributed by atoms with Crippen LogP contribution in [0.15, 0.2) is 0 Å². The Morgan fingerprint density at radius 3 is 2.33 bits per heavy atom. The van der Waals surface area contributed by atoms with Crippen molar-refractivity contribution in [2.45, 2.75) is 13.1 Å². The van der Waals surface area contributed by atoms with Crippen molar-refractivity contribution in [1.29, 1.82) is 0 Å². The molecule has 0 bridgehead atoms. The number of rotatable bonds is 1. The number of carbonyl (C=O) groups excluding carboxylic acids is 1. The van der Waals surface area contributed by atoms with Gasteiger partial charge in [0.15, 0.2) is 11.3 Å². The van der Waals surface area contributed by atoms with E-state index in [1.807, 2.05) is 0 Å². The summed E-state index contributed by atoms with van der Waals surface area (Å²) in [5.74, 6) is 0. The fourth-order valence-corrected chi connectivity index (χ4v) is 1.39. The molecular weight excluding hydrogens is 191 g/mol. The van der Waals surface area contributed by atoms with Gasteiger partial charge in [-0.25, -0.2) is 4.98 Å². The molecule has 0 atom stereocenters. The summed E-state index contributed by atoms with van der Waals surface area (Å²) in [6.07, 6.45) is -4.07. The van der Waals surface area contributed by atoms with Gasteiger partial charge in [0.2, 0.25) is 0 Å². The highest BCUT2D eigenvalue weighted by atomic mass is 32.1. The molecule has 0 fully saturated rings. The van der Waals surface area contributed by atoms with Crippen molar-refractivity contribution < 1.29 is 18.0 Å². The minimum atomic E-state index is -4.45. The molecule has 0 N–H and O–H groups in total. The molecular formula is C6H4F3NOS. The van der Waals surface area contributed by atoms with Gasteiger partial charge in [0.05, 0.1) is 10.6 Å². The molecule has 12 heavy (non-hydrogen) atoms. The molecule has 1 aromatic heterocycles. The van der Waals surface area contributed by atoms with Crippen LogP contribution < -0.4 is 0 Å². The van der Waals surface area contributed by atoms with Crippen LogP contribution in [0.3, 0.4) is 0 Å². The van der Waals surface area contributed by atoms with Gasteiger partial charge >= 0.3 is 6.18 Å². The lowest BCUT2D eigenvalue weighted by Crippen LogP contribution is -2.03. The molecule has 0 saturated heterocycles. The van der Waals surface area contributed by atoms with E-state index >= 15 is 0 Å². The Bertz CT molecular complexity index is 304. The summed E-state index contributed by atoms with van der Waals surface area (Å²) in [6.45, 7) is 1.37. The number of hydrogen-bond donors (Lipinski definition) is 0. The third-order valence-corrected chi connectivity index (χ3v) is 2.31. The van der Waals surface area contributed by atoms with Crippen LogP contribution in [-0.4, -0.2) is 11.3 Å². The Hall–Kier alpha value is -0.910. The molecule has 6 heteroatoms. The first kappa shape index (κ1) is 9.18. The lowest BCUT2D eigenvalue weighted by atomic mass is 10.4. The molecule has 2 nitrogen and oxygen atoms in total. The number of alkyl halides is 3. The van der Waals surface area contributed by atoms with Crippen molar-refractivity contribution in [3.63, 3.8) is 0 Å². The van der Waals surface area contributed by atoms with Crippen LogP contribution in [0.1, 0.15) is 20.4 Å². The molecule has 1 rings (SSSR count). The second-order valence-corrected chi connectivity index (χ2v) is 3.11. The molecule has 0 aromatic carbocycles. The fourth-order valence-electron chi connectivity index (χ4n) is 0.639. The average Bonchev–Trinajstić information content (AvgIpc) is 2.29. The minimum absolute atomic E-state index is 0.0299. The predicted molar refractivity (Wildman–Crippen MR) is 37.2 cm³/mol. The maximum atomic E-state index is 11.9. The average molecular weight is 195 g/mol. The number of hydrogen-bond acceptors (Lipinski definition) is 3. The van der Waals surface area contributed by atoms with E-state index in [1.165, 1.54) is 6.92 Å². The number of thiazole rings is 1. The van der Waals surface area contributed by atoms with Gasteiger partial charge in [0, 0.05) is 0 Å². The van der Waals surface area contributed by atoms with Gasteiger partial charge in [-0.15, -0.1) is 11.3 Å². The van der Waals surface area contributed by atoms with E-state index in [-0.39, 0.29) is 10.6 Å². The molecule has 0 radical (unpaired) electrons. The van der Waals surface area contributed by atoms with Crippen LogP contribution >= 0.6 is 11.3 Å². The van der Waals surface area contributed by atoms with Gasteiger partial charge in [-0.2, -0.15) is 13.2 Å². The monoisotopic (exact) mass is 195 g/mol. The number of halogens is 3. The molecule has 0 unspecified atom stereocenters. The first-order valence-corrected chi connectivity index (χ1v) is 3.76. The number of aryl methyl sites for hydroxylation is 1. The molecule has 0 aliphatic carbocycles. The molecule has 0 amide bonds. The number of aromatic nitrogens is 1. The molecule has 1 heterocycles. The van der Waals surface area contributed by atoms with Gasteiger partial charge in [-0.3, -0.25) is 4.79 Å². The Morgan fingerprint density at radius 1 is 1.50 bits per heavy atom. The normalized spacial score (nSPS) is 11.7. The van der Waals surface area contributed by atoms with Crippen molar-refractivity contribution >= 4 is 17.6 Å². The smallest absolute Gasteiger partial charge is 0.297 e. The van der Waals surface area contributed by atoms with Crippen LogP contribution in [0.2, 0.25) is 0 Å². The first-order chi connectivity index (χ1) is 5.45. The number of aldehydes is 1. The zero-order valence-corrected chi connectivity index (χ0v) is 6.79. The standard InChI is InChI=1S/C6H4F3NOS/c1-3-4(2-11)12-5(10-3)6(7,8)9/h2H,1H3. The second-order valence-electron chi connectivity index (χ2n) is 2.08. The quantitative estimate of drug-likeness (QED) is 0.643. The summed E-state index contributed by atoms with van der Waals surface area (Å²) in [4.78, 5) is 13.4. The van der Waals surface area contributed by atoms with Crippen LogP contribution in [0.5, 0.6) is 0 Å². The second kappa shape index (κ2) is 2.85.